The van der Waals surface area contributed by atoms with E-state index in [9.17, 15) is 0 Å². The van der Waals surface area contributed by atoms with E-state index in [1.165, 1.54) is 154 Å². The van der Waals surface area contributed by atoms with Gasteiger partial charge < -0.3 is 18.9 Å². The van der Waals surface area contributed by atoms with Gasteiger partial charge >= 0.3 is 0 Å². The highest BCUT2D eigenvalue weighted by Crippen LogP contribution is 2.50. The van der Waals surface area contributed by atoms with Crippen LogP contribution in [0.2, 0.25) is 0 Å². The molecule has 0 unspecified atom stereocenters. The molecule has 0 N–H and O–H groups in total. The minimum Gasteiger partial charge on any atom is -0.311 e. The zero-order valence-corrected chi connectivity index (χ0v) is 57.4. The molecule has 0 saturated heterocycles. The Kier molecular flexibility index (Phi) is 13.0. The van der Waals surface area contributed by atoms with E-state index in [-0.39, 0.29) is 12.1 Å². The molecule has 19 aromatic rings. The third-order valence-electron chi connectivity index (χ3n) is 22.4. The van der Waals surface area contributed by atoms with Crippen molar-refractivity contribution in [2.24, 2.45) is 0 Å². The molecule has 17 aromatic carbocycles. The molecule has 0 atom stereocenters. The quantitative estimate of drug-likeness (QED) is 0.141. The van der Waals surface area contributed by atoms with Gasteiger partial charge in [-0.3, -0.25) is 0 Å². The second kappa shape index (κ2) is 22.8. The molecule has 5 heteroatoms. The zero-order valence-electron chi connectivity index (χ0n) is 57.4. The summed E-state index contributed by atoms with van der Waals surface area (Å²) in [5.41, 5.74) is 28.1. The highest BCUT2D eigenvalue weighted by Gasteiger charge is 2.45. The first-order valence-electron chi connectivity index (χ1n) is 36.0. The average molecular weight is 1310 g/mol. The van der Waals surface area contributed by atoms with Gasteiger partial charge in [0.1, 0.15) is 0 Å². The maximum atomic E-state index is 2.60. The van der Waals surface area contributed by atoms with Crippen LogP contribution in [0.1, 0.15) is 26.3 Å². The topological polar surface area (TPSA) is 16.3 Å². The lowest BCUT2D eigenvalue weighted by Crippen LogP contribution is -2.61. The Morgan fingerprint density at radius 3 is 1.02 bits per heavy atom. The predicted molar refractivity (Wildman–Crippen MR) is 440 cm³/mol. The smallest absolute Gasteiger partial charge is 0.252 e. The van der Waals surface area contributed by atoms with Gasteiger partial charge in [0, 0.05) is 67.0 Å². The van der Waals surface area contributed by atoms with E-state index in [1.807, 2.05) is 0 Å². The summed E-state index contributed by atoms with van der Waals surface area (Å²) in [6.07, 6.45) is 0. The summed E-state index contributed by atoms with van der Waals surface area (Å²) in [5, 5.41) is 14.9. The summed E-state index contributed by atoms with van der Waals surface area (Å²) in [5.74, 6) is 0. The highest BCUT2D eigenvalue weighted by atomic mass is 15.2. The third kappa shape index (κ3) is 9.18. The third-order valence-corrected chi connectivity index (χ3v) is 22.4. The van der Waals surface area contributed by atoms with Crippen LogP contribution in [0.25, 0.3) is 143 Å². The molecule has 0 radical (unpaired) electrons. The van der Waals surface area contributed by atoms with Gasteiger partial charge in [0.15, 0.2) is 0 Å². The number of nitrogens with zero attached hydrogens (tertiary/aromatic N) is 4. The fourth-order valence-corrected chi connectivity index (χ4v) is 17.5. The standard InChI is InChI=1S/C98H67BN4/c1-98(2,3)72-58-93-97-94(59-72)101(74-46-38-65(39-47-74)63-22-8-5-9-23-63)92-61-76(103-88-53-43-71(80-35-19-29-67-25-11-15-31-78(67)80)57-84(88)96-82-33-17-13-27-69(82)41-55-90(96)103)49-51-86(92)99(97)85-50-48-75(60-91(85)100(93)73-44-36-64(37-45-73)62-20-6-4-7-21-62)102-87-52-42-70(79-34-18-28-66-24-10-14-30-77(66)79)56-83(87)95-81-32-16-12-26-68(81)40-54-89(95)102/h4-61H,1-3H3. The SMILES string of the molecule is CC(C)(C)c1cc2c3c(c1)N(c1ccc(-c4ccccc4)cc1)c1cc(-n4c5ccc(-c6cccc7ccccc67)cc5c5c6ccccc6ccc54)ccc1B3c1ccc(-n3c4ccc(-c5cccc6ccccc56)cc4c4c5ccccc5ccc43)cc1N2c1ccc(-c2ccccc2)cc1. The van der Waals surface area contributed by atoms with Crippen molar-refractivity contribution in [3.63, 3.8) is 0 Å². The first-order valence-corrected chi connectivity index (χ1v) is 36.0. The molecule has 21 rings (SSSR count). The lowest BCUT2D eigenvalue weighted by atomic mass is 9.33. The molecule has 4 nitrogen and oxygen atoms in total. The minimum absolute atomic E-state index is 0.164. The number of hydrogen-bond acceptors (Lipinski definition) is 2. The minimum atomic E-state index is -0.246. The van der Waals surface area contributed by atoms with Crippen molar-refractivity contribution in [3.8, 4) is 55.9 Å². The van der Waals surface area contributed by atoms with Crippen molar-refractivity contribution >= 4 is 144 Å². The Morgan fingerprint density at radius 1 is 0.243 bits per heavy atom. The largest absolute Gasteiger partial charge is 0.311 e. The summed E-state index contributed by atoms with van der Waals surface area (Å²) in [6.45, 7) is 6.95. The number of anilines is 6. The summed E-state index contributed by atoms with van der Waals surface area (Å²) >= 11 is 0. The Labute approximate surface area is 598 Å². The van der Waals surface area contributed by atoms with Gasteiger partial charge in [-0.25, -0.2) is 0 Å². The Bertz CT molecular complexity index is 6310. The molecule has 0 fully saturated rings. The zero-order chi connectivity index (χ0) is 68.2. The first kappa shape index (κ1) is 59.0. The van der Waals surface area contributed by atoms with Crippen LogP contribution < -0.4 is 26.2 Å². The molecule has 0 amide bonds. The predicted octanol–water partition coefficient (Wildman–Crippen LogP) is 24.5. The molecule has 0 saturated carbocycles. The fourth-order valence-electron chi connectivity index (χ4n) is 17.5. The maximum Gasteiger partial charge on any atom is 0.252 e. The first-order chi connectivity index (χ1) is 50.7. The van der Waals surface area contributed by atoms with Gasteiger partial charge in [0.05, 0.1) is 22.1 Å². The van der Waals surface area contributed by atoms with Gasteiger partial charge in [0.25, 0.3) is 6.71 Å². The van der Waals surface area contributed by atoms with Crippen LogP contribution in [0.15, 0.2) is 352 Å². The second-order valence-corrected chi connectivity index (χ2v) is 29.1. The van der Waals surface area contributed by atoms with E-state index in [0.717, 1.165) is 45.2 Å². The van der Waals surface area contributed by atoms with Crippen LogP contribution >= 0.6 is 0 Å². The summed E-state index contributed by atoms with van der Waals surface area (Å²) in [4.78, 5) is 5.20. The molecule has 0 bridgehead atoms. The van der Waals surface area contributed by atoms with E-state index >= 15 is 0 Å². The van der Waals surface area contributed by atoms with Crippen LogP contribution in [-0.4, -0.2) is 15.8 Å². The van der Waals surface area contributed by atoms with E-state index in [4.69, 9.17) is 0 Å². The molecule has 2 aromatic heterocycles. The van der Waals surface area contributed by atoms with Crippen molar-refractivity contribution in [3.05, 3.63) is 357 Å². The van der Waals surface area contributed by atoms with Crippen LogP contribution in [0, 0.1) is 0 Å². The Morgan fingerprint density at radius 2 is 0.592 bits per heavy atom. The number of rotatable bonds is 8. The molecule has 4 heterocycles. The van der Waals surface area contributed by atoms with Crippen molar-refractivity contribution < 1.29 is 0 Å². The molecular formula is C98H67BN4. The molecule has 103 heavy (non-hydrogen) atoms. The summed E-state index contributed by atoms with van der Waals surface area (Å²) < 4.78 is 5.07. The summed E-state index contributed by atoms with van der Waals surface area (Å²) in [6, 6.07) is 132. The lowest BCUT2D eigenvalue weighted by Gasteiger charge is -2.45. The lowest BCUT2D eigenvalue weighted by molar-refractivity contribution is 0.590. The van der Waals surface area contributed by atoms with E-state index in [1.54, 1.807) is 0 Å². The number of aromatic nitrogens is 2. The number of hydrogen-bond donors (Lipinski definition) is 0. The van der Waals surface area contributed by atoms with E-state index in [0.29, 0.717) is 0 Å². The molecule has 0 aliphatic carbocycles. The maximum absolute atomic E-state index is 2.60. The van der Waals surface area contributed by atoms with E-state index < -0.39 is 0 Å². The van der Waals surface area contributed by atoms with E-state index in [2.05, 4.69) is 392 Å². The van der Waals surface area contributed by atoms with Gasteiger partial charge in [-0.1, -0.05) is 276 Å². The second-order valence-electron chi connectivity index (χ2n) is 29.1. The van der Waals surface area contributed by atoms with Gasteiger partial charge in [-0.2, -0.15) is 0 Å². The monoisotopic (exact) mass is 1310 g/mol. The number of fused-ring (bicyclic) bond motifs is 16. The Balaban J connectivity index is 0.828. The van der Waals surface area contributed by atoms with Gasteiger partial charge in [-0.15, -0.1) is 0 Å². The van der Waals surface area contributed by atoms with Crippen molar-refractivity contribution in [1.29, 1.82) is 0 Å². The van der Waals surface area contributed by atoms with Crippen molar-refractivity contribution in [2.75, 3.05) is 9.80 Å². The van der Waals surface area contributed by atoms with Crippen LogP contribution in [0.5, 0.6) is 0 Å². The Hall–Kier alpha value is -13.0. The molecule has 482 valence electrons. The molecule has 2 aliphatic rings. The van der Waals surface area contributed by atoms with Crippen LogP contribution in [0.4, 0.5) is 34.1 Å². The number of benzene rings is 17. The molecular weight excluding hydrogens is 1240 g/mol. The normalized spacial score (nSPS) is 12.7. The average Bonchev–Trinajstić information content (AvgIpc) is 1.20. The molecule has 0 spiro atoms. The van der Waals surface area contributed by atoms with Crippen LogP contribution in [-0.2, 0) is 5.41 Å². The van der Waals surface area contributed by atoms with Crippen molar-refractivity contribution in [2.45, 2.75) is 26.2 Å². The molecule has 2 aliphatic heterocycles. The van der Waals surface area contributed by atoms with Gasteiger partial charge in [-0.05, 0) is 212 Å². The fraction of sp³-hybridized carbons (Fsp3) is 0.0408. The summed E-state index contributed by atoms with van der Waals surface area (Å²) in [7, 11) is 0. The van der Waals surface area contributed by atoms with Crippen LogP contribution in [0.3, 0.4) is 0 Å². The highest BCUT2D eigenvalue weighted by molar-refractivity contribution is 7.00. The van der Waals surface area contributed by atoms with Gasteiger partial charge in [0.2, 0.25) is 0 Å². The van der Waals surface area contributed by atoms with Crippen molar-refractivity contribution in [1.82, 2.24) is 9.13 Å².